The van der Waals surface area contributed by atoms with E-state index in [2.05, 4.69) is 19.2 Å². The lowest BCUT2D eigenvalue weighted by Gasteiger charge is -2.35. The lowest BCUT2D eigenvalue weighted by molar-refractivity contribution is 0.201. The number of nitrogens with one attached hydrogen (secondary N) is 1. The van der Waals surface area contributed by atoms with E-state index >= 15 is 0 Å². The Morgan fingerprint density at radius 3 is 2.56 bits per heavy atom. The zero-order valence-electron chi connectivity index (χ0n) is 11.6. The van der Waals surface area contributed by atoms with Crippen LogP contribution in [0.2, 0.25) is 0 Å². The van der Waals surface area contributed by atoms with E-state index in [4.69, 9.17) is 0 Å². The number of aromatic hydroxyl groups is 1. The van der Waals surface area contributed by atoms with E-state index < -0.39 is 0 Å². The molecule has 2 N–H and O–H groups in total. The fourth-order valence-electron chi connectivity index (χ4n) is 2.95. The summed E-state index contributed by atoms with van der Waals surface area (Å²) in [4.78, 5) is 0. The van der Waals surface area contributed by atoms with Crippen LogP contribution in [0.15, 0.2) is 24.3 Å². The van der Waals surface area contributed by atoms with Gasteiger partial charge in [0.25, 0.3) is 0 Å². The predicted molar refractivity (Wildman–Crippen MR) is 75.7 cm³/mol. The molecular weight excluding hydrogens is 222 g/mol. The Morgan fingerprint density at radius 2 is 1.89 bits per heavy atom. The second-order valence-electron chi connectivity index (χ2n) is 6.03. The molecule has 0 bridgehead atoms. The molecule has 18 heavy (non-hydrogen) atoms. The molecule has 0 saturated heterocycles. The summed E-state index contributed by atoms with van der Waals surface area (Å²) in [5.41, 5.74) is 1.44. The number of hydrogen-bond donors (Lipinski definition) is 2. The average Bonchev–Trinajstić information content (AvgIpc) is 2.38. The van der Waals surface area contributed by atoms with Gasteiger partial charge in [0, 0.05) is 18.2 Å². The molecular formula is C16H25NO. The molecule has 1 aliphatic rings. The zero-order valence-corrected chi connectivity index (χ0v) is 11.6. The molecule has 1 atom stereocenters. The molecule has 0 heterocycles. The lowest BCUT2D eigenvalue weighted by atomic mass is 9.75. The van der Waals surface area contributed by atoms with E-state index in [1.165, 1.54) is 32.1 Å². The van der Waals surface area contributed by atoms with Crippen molar-refractivity contribution in [2.45, 2.75) is 52.0 Å². The molecule has 1 aromatic rings. The van der Waals surface area contributed by atoms with Crippen molar-refractivity contribution in [2.75, 3.05) is 6.54 Å². The summed E-state index contributed by atoms with van der Waals surface area (Å²) in [6, 6.07) is 7.82. The third kappa shape index (κ3) is 3.26. The van der Waals surface area contributed by atoms with Gasteiger partial charge >= 0.3 is 0 Å². The summed E-state index contributed by atoms with van der Waals surface area (Å²) >= 11 is 0. The fraction of sp³-hybridized carbons (Fsp3) is 0.625. The first-order chi connectivity index (χ1) is 8.61. The van der Waals surface area contributed by atoms with Crippen molar-refractivity contribution in [1.82, 2.24) is 5.32 Å². The number of rotatable bonds is 4. The van der Waals surface area contributed by atoms with E-state index in [9.17, 15) is 5.11 Å². The number of phenolic OH excluding ortho intramolecular Hbond substituents is 1. The summed E-state index contributed by atoms with van der Waals surface area (Å²) in [5, 5.41) is 13.4. The van der Waals surface area contributed by atoms with E-state index in [0.717, 1.165) is 12.1 Å². The van der Waals surface area contributed by atoms with Crippen molar-refractivity contribution >= 4 is 0 Å². The van der Waals surface area contributed by atoms with Crippen LogP contribution < -0.4 is 5.32 Å². The minimum atomic E-state index is 0.213. The maximum Gasteiger partial charge on any atom is 0.120 e. The van der Waals surface area contributed by atoms with Crippen molar-refractivity contribution in [2.24, 2.45) is 5.41 Å². The van der Waals surface area contributed by atoms with Gasteiger partial charge in [-0.05, 0) is 31.2 Å². The van der Waals surface area contributed by atoms with Crippen LogP contribution in [0.25, 0.3) is 0 Å². The quantitative estimate of drug-likeness (QED) is 0.842. The number of benzene rings is 1. The Balaban J connectivity index is 1.92. The highest BCUT2D eigenvalue weighted by molar-refractivity contribution is 5.34. The molecule has 1 aromatic carbocycles. The van der Waals surface area contributed by atoms with Gasteiger partial charge in [0.05, 0.1) is 0 Å². The van der Waals surface area contributed by atoms with Crippen LogP contribution in [-0.2, 0) is 0 Å². The molecule has 1 unspecified atom stereocenters. The van der Waals surface area contributed by atoms with Crippen LogP contribution >= 0.6 is 0 Å². The molecule has 0 aromatic heterocycles. The molecule has 0 amide bonds. The first-order valence-corrected chi connectivity index (χ1v) is 7.12. The Kier molecular flexibility index (Phi) is 4.28. The first kappa shape index (κ1) is 13.4. The Morgan fingerprint density at radius 1 is 1.22 bits per heavy atom. The Bertz CT molecular complexity index is 382. The van der Waals surface area contributed by atoms with Crippen LogP contribution in [0, 0.1) is 5.41 Å². The molecule has 100 valence electrons. The first-order valence-electron chi connectivity index (χ1n) is 7.12. The van der Waals surface area contributed by atoms with Crippen molar-refractivity contribution in [3.05, 3.63) is 29.8 Å². The van der Waals surface area contributed by atoms with E-state index in [0.29, 0.717) is 11.2 Å². The lowest BCUT2D eigenvalue weighted by Crippen LogP contribution is -2.34. The number of para-hydroxylation sites is 1. The van der Waals surface area contributed by atoms with Gasteiger partial charge < -0.3 is 10.4 Å². The van der Waals surface area contributed by atoms with Crippen molar-refractivity contribution in [3.63, 3.8) is 0 Å². The van der Waals surface area contributed by atoms with Crippen molar-refractivity contribution in [1.29, 1.82) is 0 Å². The summed E-state index contributed by atoms with van der Waals surface area (Å²) in [5.74, 6) is 0.395. The Hall–Kier alpha value is -1.02. The topological polar surface area (TPSA) is 32.3 Å². The number of phenols is 1. The van der Waals surface area contributed by atoms with Gasteiger partial charge in [-0.3, -0.25) is 0 Å². The molecule has 0 aliphatic heterocycles. The highest BCUT2D eigenvalue weighted by Crippen LogP contribution is 2.35. The fourth-order valence-corrected chi connectivity index (χ4v) is 2.95. The maximum atomic E-state index is 9.84. The van der Waals surface area contributed by atoms with Crippen LogP contribution in [0.1, 0.15) is 57.6 Å². The van der Waals surface area contributed by atoms with Crippen LogP contribution in [0.5, 0.6) is 5.75 Å². The Labute approximate surface area is 110 Å². The monoisotopic (exact) mass is 247 g/mol. The minimum Gasteiger partial charge on any atom is -0.508 e. The third-order valence-corrected chi connectivity index (χ3v) is 4.30. The van der Waals surface area contributed by atoms with Gasteiger partial charge in [0.1, 0.15) is 5.75 Å². The second kappa shape index (κ2) is 5.75. The highest BCUT2D eigenvalue weighted by Gasteiger charge is 2.27. The summed E-state index contributed by atoms with van der Waals surface area (Å²) in [6.45, 7) is 5.56. The van der Waals surface area contributed by atoms with E-state index in [1.807, 2.05) is 18.2 Å². The largest absolute Gasteiger partial charge is 0.508 e. The second-order valence-corrected chi connectivity index (χ2v) is 6.03. The van der Waals surface area contributed by atoms with E-state index in [-0.39, 0.29) is 6.04 Å². The molecule has 2 heteroatoms. The number of hydrogen-bond acceptors (Lipinski definition) is 2. The highest BCUT2D eigenvalue weighted by atomic mass is 16.3. The predicted octanol–water partition coefficient (Wildman–Crippen LogP) is 4.01. The summed E-state index contributed by atoms with van der Waals surface area (Å²) < 4.78 is 0. The third-order valence-electron chi connectivity index (χ3n) is 4.30. The normalized spacial score (nSPS) is 20.6. The molecule has 1 aliphatic carbocycles. The molecule has 2 nitrogen and oxygen atoms in total. The van der Waals surface area contributed by atoms with Crippen molar-refractivity contribution < 1.29 is 5.11 Å². The van der Waals surface area contributed by atoms with Gasteiger partial charge in [-0.2, -0.15) is 0 Å². The minimum absolute atomic E-state index is 0.213. The van der Waals surface area contributed by atoms with Crippen LogP contribution in [0.3, 0.4) is 0 Å². The van der Waals surface area contributed by atoms with E-state index in [1.54, 1.807) is 6.07 Å². The van der Waals surface area contributed by atoms with Gasteiger partial charge in [-0.15, -0.1) is 0 Å². The van der Waals surface area contributed by atoms with Gasteiger partial charge in [0.2, 0.25) is 0 Å². The summed E-state index contributed by atoms with van der Waals surface area (Å²) in [7, 11) is 0. The molecule has 1 saturated carbocycles. The van der Waals surface area contributed by atoms with Gasteiger partial charge in [-0.25, -0.2) is 0 Å². The maximum absolute atomic E-state index is 9.84. The molecule has 2 rings (SSSR count). The average molecular weight is 247 g/mol. The smallest absolute Gasteiger partial charge is 0.120 e. The van der Waals surface area contributed by atoms with Crippen molar-refractivity contribution in [3.8, 4) is 5.75 Å². The van der Waals surface area contributed by atoms with Gasteiger partial charge in [0.15, 0.2) is 0 Å². The van der Waals surface area contributed by atoms with Crippen LogP contribution in [-0.4, -0.2) is 11.7 Å². The zero-order chi connectivity index (χ0) is 13.0. The summed E-state index contributed by atoms with van der Waals surface area (Å²) in [6.07, 6.45) is 6.78. The van der Waals surface area contributed by atoms with Gasteiger partial charge in [-0.1, -0.05) is 44.4 Å². The standard InChI is InChI=1S/C16H25NO/c1-13(14-8-4-5-9-15(14)18)17-12-16(2)10-6-3-7-11-16/h4-5,8-9,13,17-18H,3,6-7,10-12H2,1-2H3. The molecule has 1 fully saturated rings. The molecule has 0 spiro atoms. The van der Waals surface area contributed by atoms with Crippen LogP contribution in [0.4, 0.5) is 0 Å². The molecule has 0 radical (unpaired) electrons. The SMILES string of the molecule is CC(NCC1(C)CCCCC1)c1ccccc1O.